The summed E-state index contributed by atoms with van der Waals surface area (Å²) in [7, 11) is 0. The summed E-state index contributed by atoms with van der Waals surface area (Å²) in [6.45, 7) is 2.11. The minimum absolute atomic E-state index is 0.518. The molecule has 2 N–H and O–H groups in total. The van der Waals surface area contributed by atoms with Crippen LogP contribution in [-0.4, -0.2) is 9.97 Å². The van der Waals surface area contributed by atoms with E-state index in [0.717, 1.165) is 27.7 Å². The van der Waals surface area contributed by atoms with Gasteiger partial charge in [-0.3, -0.25) is 0 Å². The molecule has 0 amide bonds. The Bertz CT molecular complexity index is 572. The van der Waals surface area contributed by atoms with Crippen molar-refractivity contribution < 1.29 is 0 Å². The van der Waals surface area contributed by atoms with Crippen molar-refractivity contribution in [3.8, 4) is 11.4 Å². The molecule has 0 saturated heterocycles. The molecule has 0 atom stereocenters. The van der Waals surface area contributed by atoms with Crippen LogP contribution in [0.1, 0.15) is 19.0 Å². The number of rotatable bonds is 3. The number of aromatic nitrogens is 2. The molecule has 5 heteroatoms. The van der Waals surface area contributed by atoms with E-state index in [0.29, 0.717) is 16.7 Å². The summed E-state index contributed by atoms with van der Waals surface area (Å²) in [4.78, 5) is 8.89. The third kappa shape index (κ3) is 2.75. The first-order chi connectivity index (χ1) is 8.63. The zero-order chi connectivity index (χ0) is 13.1. The smallest absolute Gasteiger partial charge is 0.163 e. The lowest BCUT2D eigenvalue weighted by Gasteiger charge is -2.09. The molecule has 1 heterocycles. The van der Waals surface area contributed by atoms with Crippen molar-refractivity contribution in [1.82, 2.24) is 9.97 Å². The topological polar surface area (TPSA) is 51.8 Å². The highest BCUT2D eigenvalue weighted by Crippen LogP contribution is 2.27. The van der Waals surface area contributed by atoms with Gasteiger partial charge < -0.3 is 5.73 Å². The van der Waals surface area contributed by atoms with Crippen LogP contribution < -0.4 is 5.73 Å². The Balaban J connectivity index is 2.56. The summed E-state index contributed by atoms with van der Waals surface area (Å²) >= 11 is 8.35. The highest BCUT2D eigenvalue weighted by molar-refractivity contribution is 14.1. The second-order valence-corrected chi connectivity index (χ2v) is 5.41. The number of nitrogens with zero attached hydrogens (tertiary/aromatic N) is 2. The summed E-state index contributed by atoms with van der Waals surface area (Å²) in [6, 6.07) is 7.53. The molecular weight excluding hydrogens is 361 g/mol. The quantitative estimate of drug-likeness (QED) is 0.829. The molecule has 0 aliphatic rings. The molecular formula is C13H13ClIN3. The average molecular weight is 374 g/mol. The molecule has 0 bridgehead atoms. The second-order valence-electron chi connectivity index (χ2n) is 3.92. The van der Waals surface area contributed by atoms with Crippen molar-refractivity contribution in [3.63, 3.8) is 0 Å². The minimum atomic E-state index is 0.518. The number of anilines is 1. The number of hydrogen-bond donors (Lipinski definition) is 1. The summed E-state index contributed by atoms with van der Waals surface area (Å²) in [6.07, 6.45) is 1.91. The van der Waals surface area contributed by atoms with E-state index in [-0.39, 0.29) is 0 Å². The van der Waals surface area contributed by atoms with Gasteiger partial charge >= 0.3 is 0 Å². The fraction of sp³-hybridized carbons (Fsp3) is 0.231. The van der Waals surface area contributed by atoms with Gasteiger partial charge in [0.25, 0.3) is 0 Å². The number of benzene rings is 1. The Kier molecular flexibility index (Phi) is 4.40. The Morgan fingerprint density at radius 1 is 1.28 bits per heavy atom. The maximum Gasteiger partial charge on any atom is 0.163 e. The summed E-state index contributed by atoms with van der Waals surface area (Å²) < 4.78 is 0.935. The zero-order valence-corrected chi connectivity index (χ0v) is 12.9. The molecule has 2 aromatic rings. The third-order valence-corrected chi connectivity index (χ3v) is 4.05. The van der Waals surface area contributed by atoms with Gasteiger partial charge in [-0.15, -0.1) is 0 Å². The van der Waals surface area contributed by atoms with Crippen LogP contribution in [0.15, 0.2) is 24.3 Å². The molecule has 0 fully saturated rings. The van der Waals surface area contributed by atoms with E-state index in [2.05, 4.69) is 39.5 Å². The fourth-order valence-corrected chi connectivity index (χ4v) is 2.41. The number of aryl methyl sites for hydroxylation is 1. The number of halogens is 2. The van der Waals surface area contributed by atoms with Gasteiger partial charge in [0.05, 0.1) is 14.3 Å². The Morgan fingerprint density at radius 2 is 2.00 bits per heavy atom. The van der Waals surface area contributed by atoms with Crippen LogP contribution in [0.5, 0.6) is 0 Å². The number of nitrogens with two attached hydrogens (primary N) is 1. The largest absolute Gasteiger partial charge is 0.383 e. The summed E-state index contributed by atoms with van der Waals surface area (Å²) in [5.74, 6) is 1.12. The molecule has 18 heavy (non-hydrogen) atoms. The number of hydrogen-bond acceptors (Lipinski definition) is 3. The van der Waals surface area contributed by atoms with Crippen LogP contribution in [-0.2, 0) is 6.42 Å². The molecule has 0 aliphatic carbocycles. The van der Waals surface area contributed by atoms with Crippen LogP contribution >= 0.6 is 34.2 Å². The SMILES string of the molecule is CCCc1nc(-c2ccccc2Cl)nc(N)c1I. The van der Waals surface area contributed by atoms with E-state index < -0.39 is 0 Å². The van der Waals surface area contributed by atoms with Crippen molar-refractivity contribution in [2.24, 2.45) is 0 Å². The lowest BCUT2D eigenvalue weighted by Crippen LogP contribution is -2.05. The summed E-state index contributed by atoms with van der Waals surface area (Å²) in [5, 5.41) is 0.639. The van der Waals surface area contributed by atoms with Gasteiger partial charge in [0.15, 0.2) is 5.82 Å². The van der Waals surface area contributed by atoms with Gasteiger partial charge in [-0.2, -0.15) is 0 Å². The zero-order valence-electron chi connectivity index (χ0n) is 9.95. The Labute approximate surface area is 125 Å². The second kappa shape index (κ2) is 5.84. The van der Waals surface area contributed by atoms with E-state index in [1.54, 1.807) is 0 Å². The predicted octanol–water partition coefficient (Wildman–Crippen LogP) is 3.94. The molecule has 0 spiro atoms. The highest BCUT2D eigenvalue weighted by atomic mass is 127. The average Bonchev–Trinajstić information content (AvgIpc) is 2.35. The lowest BCUT2D eigenvalue weighted by molar-refractivity contribution is 0.869. The number of nitrogen functional groups attached to an aromatic ring is 1. The molecule has 3 nitrogen and oxygen atoms in total. The molecule has 2 rings (SSSR count). The maximum absolute atomic E-state index is 6.16. The normalized spacial score (nSPS) is 10.6. The van der Waals surface area contributed by atoms with E-state index >= 15 is 0 Å². The molecule has 1 aromatic heterocycles. The van der Waals surface area contributed by atoms with Gasteiger partial charge in [0.1, 0.15) is 5.82 Å². The van der Waals surface area contributed by atoms with Gasteiger partial charge in [0, 0.05) is 5.56 Å². The summed E-state index contributed by atoms with van der Waals surface area (Å²) in [5.41, 5.74) is 7.74. The molecule has 0 aliphatic heterocycles. The Morgan fingerprint density at radius 3 is 2.67 bits per heavy atom. The van der Waals surface area contributed by atoms with Crippen molar-refractivity contribution in [3.05, 3.63) is 38.6 Å². The monoisotopic (exact) mass is 373 g/mol. The van der Waals surface area contributed by atoms with Gasteiger partial charge in [0.2, 0.25) is 0 Å². The van der Waals surface area contributed by atoms with Crippen molar-refractivity contribution >= 4 is 40.0 Å². The van der Waals surface area contributed by atoms with Crippen LogP contribution in [0.2, 0.25) is 5.02 Å². The van der Waals surface area contributed by atoms with Crippen LogP contribution in [0.3, 0.4) is 0 Å². The predicted molar refractivity (Wildman–Crippen MR) is 83.6 cm³/mol. The first-order valence-corrected chi connectivity index (χ1v) is 7.16. The van der Waals surface area contributed by atoms with E-state index in [1.807, 2.05) is 24.3 Å². The standard InChI is InChI=1S/C13H13ClIN3/c1-2-5-10-11(15)12(16)18-13(17-10)8-6-3-4-7-9(8)14/h3-4,6-7H,2,5H2,1H3,(H2,16,17,18). The molecule has 1 aromatic carbocycles. The third-order valence-electron chi connectivity index (χ3n) is 2.55. The van der Waals surface area contributed by atoms with Crippen molar-refractivity contribution in [1.29, 1.82) is 0 Å². The Hall–Kier alpha value is -0.880. The van der Waals surface area contributed by atoms with Gasteiger partial charge in [-0.1, -0.05) is 37.1 Å². The molecule has 0 saturated carbocycles. The fourth-order valence-electron chi connectivity index (χ4n) is 1.68. The maximum atomic E-state index is 6.16. The molecule has 94 valence electrons. The van der Waals surface area contributed by atoms with E-state index in [4.69, 9.17) is 17.3 Å². The highest BCUT2D eigenvalue weighted by Gasteiger charge is 2.12. The minimum Gasteiger partial charge on any atom is -0.383 e. The van der Waals surface area contributed by atoms with Crippen molar-refractivity contribution in [2.45, 2.75) is 19.8 Å². The van der Waals surface area contributed by atoms with E-state index in [1.165, 1.54) is 0 Å². The van der Waals surface area contributed by atoms with Gasteiger partial charge in [-0.25, -0.2) is 9.97 Å². The first kappa shape index (κ1) is 13.5. The van der Waals surface area contributed by atoms with E-state index in [9.17, 15) is 0 Å². The molecule has 0 radical (unpaired) electrons. The van der Waals surface area contributed by atoms with Crippen LogP contribution in [0.25, 0.3) is 11.4 Å². The van der Waals surface area contributed by atoms with Gasteiger partial charge in [-0.05, 0) is 41.1 Å². The lowest BCUT2D eigenvalue weighted by atomic mass is 10.2. The van der Waals surface area contributed by atoms with Crippen molar-refractivity contribution in [2.75, 3.05) is 5.73 Å². The van der Waals surface area contributed by atoms with Crippen LogP contribution in [0.4, 0.5) is 5.82 Å². The first-order valence-electron chi connectivity index (χ1n) is 5.70. The molecule has 0 unspecified atom stereocenters. The van der Waals surface area contributed by atoms with Crippen LogP contribution in [0, 0.1) is 3.57 Å².